The number of rotatable bonds is 0. The lowest BCUT2D eigenvalue weighted by Gasteiger charge is -2.19. The summed E-state index contributed by atoms with van der Waals surface area (Å²) in [5, 5.41) is 10.7. The molecule has 3 aliphatic heterocycles. The lowest BCUT2D eigenvalue weighted by atomic mass is 10.3. The summed E-state index contributed by atoms with van der Waals surface area (Å²) in [5.74, 6) is -3.37. The van der Waals surface area contributed by atoms with E-state index in [2.05, 4.69) is 5.32 Å². The summed E-state index contributed by atoms with van der Waals surface area (Å²) in [7, 11) is 0. The molecule has 3 rings (SSSR count). The van der Waals surface area contributed by atoms with Crippen molar-refractivity contribution < 1.29 is 24.3 Å². The van der Waals surface area contributed by atoms with Crippen LogP contribution in [-0.2, 0) is 14.4 Å². The summed E-state index contributed by atoms with van der Waals surface area (Å²) in [5.41, 5.74) is 0.700. The number of nitrogens with one attached hydrogen (secondary N) is 1. The number of hydrogen-bond acceptors (Lipinski definition) is 4. The Bertz CT molecular complexity index is 573. The van der Waals surface area contributed by atoms with Crippen LogP contribution < -0.4 is 5.32 Å². The van der Waals surface area contributed by atoms with E-state index in [0.717, 1.165) is 9.80 Å². The van der Waals surface area contributed by atoms with Crippen molar-refractivity contribution in [1.82, 2.24) is 15.1 Å². The van der Waals surface area contributed by atoms with Gasteiger partial charge in [-0.25, -0.2) is 9.59 Å². The Labute approximate surface area is 93.8 Å². The van der Waals surface area contributed by atoms with Gasteiger partial charge in [-0.05, 0) is 0 Å². The molecule has 2 bridgehead atoms. The molecule has 0 spiro atoms. The Balaban J connectivity index is 2.07. The maximum atomic E-state index is 11.4. The minimum absolute atomic E-state index is 0.0436. The molecule has 17 heavy (non-hydrogen) atoms. The van der Waals surface area contributed by atoms with Gasteiger partial charge in [0.15, 0.2) is 0 Å². The van der Waals surface area contributed by atoms with Gasteiger partial charge in [0.25, 0.3) is 5.91 Å². The van der Waals surface area contributed by atoms with E-state index < -0.39 is 23.8 Å². The normalized spacial score (nSPS) is 20.8. The third-order valence-electron chi connectivity index (χ3n) is 2.74. The molecule has 0 saturated carbocycles. The van der Waals surface area contributed by atoms with E-state index in [4.69, 9.17) is 5.11 Å². The van der Waals surface area contributed by atoms with Crippen LogP contribution in [-0.4, -0.2) is 38.7 Å². The van der Waals surface area contributed by atoms with Crippen LogP contribution in [0.3, 0.4) is 0 Å². The van der Waals surface area contributed by atoms with Gasteiger partial charge in [0.2, 0.25) is 0 Å². The molecule has 0 radical (unpaired) electrons. The minimum Gasteiger partial charge on any atom is -0.474 e. The number of carboxylic acids is 1. The molecule has 0 atom stereocenters. The molecular weight excluding hydrogens is 230 g/mol. The van der Waals surface area contributed by atoms with Crippen molar-refractivity contribution >= 4 is 23.8 Å². The topological polar surface area (TPSA) is 107 Å². The largest absolute Gasteiger partial charge is 0.474 e. The Morgan fingerprint density at radius 3 is 2.71 bits per heavy atom. The van der Waals surface area contributed by atoms with Gasteiger partial charge in [-0.15, -0.1) is 0 Å². The highest BCUT2D eigenvalue weighted by molar-refractivity contribution is 6.32. The van der Waals surface area contributed by atoms with Gasteiger partial charge < -0.3 is 5.11 Å². The van der Waals surface area contributed by atoms with Crippen LogP contribution in [0.5, 0.6) is 0 Å². The lowest BCUT2D eigenvalue weighted by Crippen LogP contribution is -2.33. The first-order valence-corrected chi connectivity index (χ1v) is 4.66. The fourth-order valence-electron chi connectivity index (χ4n) is 2.10. The molecule has 1 saturated heterocycles. The second kappa shape index (κ2) is 2.73. The summed E-state index contributed by atoms with van der Waals surface area (Å²) in [6, 6.07) is -0.575. The van der Waals surface area contributed by atoms with E-state index in [0.29, 0.717) is 5.70 Å². The number of urea groups is 1. The average molecular weight is 235 g/mol. The zero-order valence-corrected chi connectivity index (χ0v) is 8.26. The summed E-state index contributed by atoms with van der Waals surface area (Å²) in [4.78, 5) is 46.8. The number of carboxylic acid groups (broad SMARTS) is 1. The number of fused-ring (bicyclic) bond motifs is 4. The molecule has 0 unspecified atom stereocenters. The fraction of sp³-hybridized carbons (Fsp3) is 0.111. The molecule has 8 heteroatoms. The number of carbonyl (C=O) groups is 4. The van der Waals surface area contributed by atoms with Crippen LogP contribution >= 0.6 is 0 Å². The van der Waals surface area contributed by atoms with Crippen molar-refractivity contribution in [3.05, 3.63) is 23.3 Å². The van der Waals surface area contributed by atoms with Gasteiger partial charge in [0.1, 0.15) is 5.70 Å². The van der Waals surface area contributed by atoms with Crippen molar-refractivity contribution in [3.8, 4) is 0 Å². The zero-order valence-electron chi connectivity index (χ0n) is 8.26. The Hall–Kier alpha value is -2.64. The second-order valence-corrected chi connectivity index (χ2v) is 3.67. The predicted octanol–water partition coefficient (Wildman–Crippen LogP) is -1.08. The molecule has 8 nitrogen and oxygen atoms in total. The molecular formula is C9H5N3O5. The third-order valence-corrected chi connectivity index (χ3v) is 2.74. The fourth-order valence-corrected chi connectivity index (χ4v) is 2.10. The smallest absolute Gasteiger partial charge is 0.395 e. The molecule has 3 aliphatic rings. The van der Waals surface area contributed by atoms with Crippen molar-refractivity contribution in [2.75, 3.05) is 0 Å². The first-order chi connectivity index (χ1) is 8.00. The number of aliphatic carboxylic acids is 1. The Kier molecular flexibility index (Phi) is 1.54. The monoisotopic (exact) mass is 235 g/mol. The van der Waals surface area contributed by atoms with E-state index in [1.165, 1.54) is 6.20 Å². The molecule has 86 valence electrons. The van der Waals surface area contributed by atoms with Gasteiger partial charge in [-0.3, -0.25) is 24.7 Å². The summed E-state index contributed by atoms with van der Waals surface area (Å²) in [6.45, 7) is 0. The highest BCUT2D eigenvalue weighted by Crippen LogP contribution is 2.42. The van der Waals surface area contributed by atoms with Crippen molar-refractivity contribution in [2.24, 2.45) is 0 Å². The highest BCUT2D eigenvalue weighted by atomic mass is 16.4. The molecule has 1 fully saturated rings. The zero-order chi connectivity index (χ0) is 12.3. The van der Waals surface area contributed by atoms with Gasteiger partial charge in [0, 0.05) is 12.6 Å². The standard InChI is InChI=1S/C9H5N3O5/c13-6-5-4-1-3(12(5)9(17)10-6)2-11(4)7(14)8(15)16/h2H,1H2,(H,15,16)(H,10,13,17). The molecule has 0 aromatic carbocycles. The van der Waals surface area contributed by atoms with E-state index in [1.54, 1.807) is 0 Å². The van der Waals surface area contributed by atoms with Crippen LogP contribution in [0, 0.1) is 0 Å². The van der Waals surface area contributed by atoms with Crippen molar-refractivity contribution in [2.45, 2.75) is 6.42 Å². The molecule has 2 N–H and O–H groups in total. The first-order valence-electron chi connectivity index (χ1n) is 4.66. The highest BCUT2D eigenvalue weighted by Gasteiger charge is 2.49. The van der Waals surface area contributed by atoms with E-state index in [-0.39, 0.29) is 17.8 Å². The van der Waals surface area contributed by atoms with Crippen LogP contribution in [0.1, 0.15) is 6.42 Å². The number of hydrogen-bond donors (Lipinski definition) is 2. The Morgan fingerprint density at radius 1 is 1.35 bits per heavy atom. The number of carbonyl (C=O) groups excluding carboxylic acids is 3. The Morgan fingerprint density at radius 2 is 2.06 bits per heavy atom. The minimum atomic E-state index is -1.61. The summed E-state index contributed by atoms with van der Waals surface area (Å²) < 4.78 is 0. The summed E-state index contributed by atoms with van der Waals surface area (Å²) in [6.07, 6.45) is 1.47. The number of nitrogens with zero attached hydrogens (tertiary/aromatic N) is 2. The maximum absolute atomic E-state index is 11.4. The predicted molar refractivity (Wildman–Crippen MR) is 49.6 cm³/mol. The third kappa shape index (κ3) is 1.01. The lowest BCUT2D eigenvalue weighted by molar-refractivity contribution is -0.153. The van der Waals surface area contributed by atoms with Crippen LogP contribution in [0.4, 0.5) is 4.79 Å². The van der Waals surface area contributed by atoms with Crippen molar-refractivity contribution in [3.63, 3.8) is 0 Å². The van der Waals surface area contributed by atoms with Crippen LogP contribution in [0.25, 0.3) is 0 Å². The quantitative estimate of drug-likeness (QED) is 0.410. The van der Waals surface area contributed by atoms with Gasteiger partial charge in [-0.2, -0.15) is 0 Å². The van der Waals surface area contributed by atoms with E-state index in [9.17, 15) is 19.2 Å². The van der Waals surface area contributed by atoms with Gasteiger partial charge >= 0.3 is 17.9 Å². The van der Waals surface area contributed by atoms with E-state index in [1.807, 2.05) is 0 Å². The van der Waals surface area contributed by atoms with Crippen LogP contribution in [0.2, 0.25) is 0 Å². The molecule has 0 aliphatic carbocycles. The SMILES string of the molecule is O=C(O)C(=O)N1C=C2CC1=C1C(=O)NC(=O)N21. The first kappa shape index (κ1) is 9.58. The second-order valence-electron chi connectivity index (χ2n) is 3.67. The average Bonchev–Trinajstić information content (AvgIpc) is 2.89. The number of imide groups is 1. The van der Waals surface area contributed by atoms with Gasteiger partial charge in [0.05, 0.1) is 11.4 Å². The van der Waals surface area contributed by atoms with Crippen LogP contribution in [0.15, 0.2) is 23.3 Å². The molecule has 0 aromatic rings. The van der Waals surface area contributed by atoms with Crippen molar-refractivity contribution in [1.29, 1.82) is 0 Å². The molecule has 4 amide bonds. The maximum Gasteiger partial charge on any atom is 0.395 e. The van der Waals surface area contributed by atoms with Gasteiger partial charge in [-0.1, -0.05) is 0 Å². The van der Waals surface area contributed by atoms with E-state index >= 15 is 0 Å². The molecule has 3 heterocycles. The summed E-state index contributed by atoms with van der Waals surface area (Å²) >= 11 is 0. The number of amides is 4. The molecule has 0 aromatic heterocycles.